The van der Waals surface area contributed by atoms with Crippen molar-refractivity contribution in [2.45, 2.75) is 78.9 Å². The molecule has 0 aliphatic rings. The van der Waals surface area contributed by atoms with Gasteiger partial charge >= 0.3 is 0 Å². The van der Waals surface area contributed by atoms with Crippen molar-refractivity contribution in [1.29, 1.82) is 0 Å². The first-order valence-electron chi connectivity index (χ1n) is 10.8. The van der Waals surface area contributed by atoms with Crippen molar-refractivity contribution < 1.29 is 5.11 Å². The lowest BCUT2D eigenvalue weighted by Gasteiger charge is -2.25. The molecular weight excluding hydrogens is 362 g/mol. The van der Waals surface area contributed by atoms with Crippen molar-refractivity contribution >= 4 is 16.7 Å². The van der Waals surface area contributed by atoms with Crippen LogP contribution in [0.5, 0.6) is 0 Å². The Labute approximate surface area is 175 Å². The fourth-order valence-corrected chi connectivity index (χ4v) is 3.37. The van der Waals surface area contributed by atoms with Gasteiger partial charge in [-0.1, -0.05) is 32.4 Å². The number of fused-ring (bicyclic) bond motifs is 1. The number of nitrogens with zero attached hydrogens (tertiary/aromatic N) is 1. The Balaban J connectivity index is 2.17. The van der Waals surface area contributed by atoms with Gasteiger partial charge in [-0.05, 0) is 57.7 Å². The van der Waals surface area contributed by atoms with Crippen molar-refractivity contribution in [1.82, 2.24) is 15.6 Å². The van der Waals surface area contributed by atoms with Gasteiger partial charge in [0.2, 0.25) is 0 Å². The third-order valence-corrected chi connectivity index (χ3v) is 5.53. The molecule has 1 aromatic heterocycles. The third-order valence-electron chi connectivity index (χ3n) is 5.53. The van der Waals surface area contributed by atoms with Gasteiger partial charge in [0.1, 0.15) is 12.0 Å². The molecule has 0 amide bonds. The number of hydrogen-bond donors (Lipinski definition) is 5. The van der Waals surface area contributed by atoms with Crippen LogP contribution >= 0.6 is 0 Å². The highest BCUT2D eigenvalue weighted by Crippen LogP contribution is 2.25. The summed E-state index contributed by atoms with van der Waals surface area (Å²) in [6.07, 6.45) is 0.881. The highest BCUT2D eigenvalue weighted by Gasteiger charge is 2.17. The largest absolute Gasteiger partial charge is 0.379 e. The molecule has 6 nitrogen and oxygen atoms in total. The van der Waals surface area contributed by atoms with E-state index in [0.29, 0.717) is 18.0 Å². The van der Waals surface area contributed by atoms with Crippen molar-refractivity contribution in [2.24, 2.45) is 11.7 Å². The maximum Gasteiger partial charge on any atom is 0.132 e. The van der Waals surface area contributed by atoms with Crippen molar-refractivity contribution in [2.75, 3.05) is 11.9 Å². The number of aromatic nitrogens is 1. The highest BCUT2D eigenvalue weighted by molar-refractivity contribution is 5.82. The molecule has 4 unspecified atom stereocenters. The topological polar surface area (TPSA) is 95.2 Å². The molecule has 6 N–H and O–H groups in total. The van der Waals surface area contributed by atoms with Gasteiger partial charge in [0, 0.05) is 29.6 Å². The van der Waals surface area contributed by atoms with Gasteiger partial charge in [0.05, 0.1) is 11.7 Å². The quantitative estimate of drug-likeness (QED) is 0.369. The Morgan fingerprint density at radius 1 is 1.10 bits per heavy atom. The zero-order chi connectivity index (χ0) is 21.6. The number of nitrogens with one attached hydrogen (secondary N) is 3. The molecule has 1 aromatic carbocycles. The Morgan fingerprint density at radius 3 is 2.45 bits per heavy atom. The van der Waals surface area contributed by atoms with Crippen molar-refractivity contribution in [3.05, 3.63) is 35.4 Å². The zero-order valence-electron chi connectivity index (χ0n) is 18.8. The third kappa shape index (κ3) is 6.93. The zero-order valence-corrected chi connectivity index (χ0v) is 18.8. The number of aryl methyl sites for hydroxylation is 1. The first-order chi connectivity index (χ1) is 13.7. The van der Waals surface area contributed by atoms with Crippen LogP contribution in [-0.4, -0.2) is 34.9 Å². The van der Waals surface area contributed by atoms with E-state index in [2.05, 4.69) is 68.8 Å². The smallest absolute Gasteiger partial charge is 0.132 e. The summed E-state index contributed by atoms with van der Waals surface area (Å²) in [5, 5.41) is 20.9. The molecule has 29 heavy (non-hydrogen) atoms. The summed E-state index contributed by atoms with van der Waals surface area (Å²) in [6.45, 7) is 13.5. The molecular formula is C23H39N5O. The van der Waals surface area contributed by atoms with Crippen molar-refractivity contribution in [3.63, 3.8) is 0 Å². The highest BCUT2D eigenvalue weighted by atomic mass is 16.3. The summed E-state index contributed by atoms with van der Waals surface area (Å²) < 4.78 is 0. The van der Waals surface area contributed by atoms with Gasteiger partial charge in [0.15, 0.2) is 0 Å². The lowest BCUT2D eigenvalue weighted by Crippen LogP contribution is -2.40. The van der Waals surface area contributed by atoms with Crippen LogP contribution in [0.1, 0.15) is 64.8 Å². The molecule has 162 valence electrons. The summed E-state index contributed by atoms with van der Waals surface area (Å²) in [6, 6.07) is 9.21. The number of pyridine rings is 1. The number of hydrogen-bond acceptors (Lipinski definition) is 6. The monoisotopic (exact) mass is 401 g/mol. The SMILES string of the molecule is CCC(CCNc1nc2ccc(C)cc2cc1C(N)NC(C)O)NC(C)C(C)C. The number of anilines is 1. The minimum atomic E-state index is -0.697. The van der Waals surface area contributed by atoms with Crippen LogP contribution in [0, 0.1) is 12.8 Å². The molecule has 6 heteroatoms. The number of aliphatic hydroxyl groups excluding tert-OH is 1. The van der Waals surface area contributed by atoms with Gasteiger partial charge in [-0.15, -0.1) is 0 Å². The normalized spacial score (nSPS) is 16.0. The van der Waals surface area contributed by atoms with E-state index in [4.69, 9.17) is 10.7 Å². The van der Waals surface area contributed by atoms with E-state index in [1.54, 1.807) is 6.92 Å². The second kappa shape index (κ2) is 10.9. The van der Waals surface area contributed by atoms with E-state index in [1.807, 2.05) is 6.07 Å². The van der Waals surface area contributed by atoms with Gasteiger partial charge < -0.3 is 21.5 Å². The molecule has 2 aromatic rings. The van der Waals surface area contributed by atoms with E-state index >= 15 is 0 Å². The molecule has 4 atom stereocenters. The number of aliphatic hydroxyl groups is 1. The van der Waals surface area contributed by atoms with E-state index in [1.165, 1.54) is 5.56 Å². The maximum atomic E-state index is 9.70. The van der Waals surface area contributed by atoms with Gasteiger partial charge in [0.25, 0.3) is 0 Å². The van der Waals surface area contributed by atoms with Crippen LogP contribution < -0.4 is 21.7 Å². The molecule has 0 bridgehead atoms. The van der Waals surface area contributed by atoms with Crippen LogP contribution in [0.15, 0.2) is 24.3 Å². The van der Waals surface area contributed by atoms with E-state index < -0.39 is 12.4 Å². The predicted octanol–water partition coefficient (Wildman–Crippen LogP) is 3.64. The van der Waals surface area contributed by atoms with Gasteiger partial charge in [-0.2, -0.15) is 0 Å². The van der Waals surface area contributed by atoms with E-state index in [0.717, 1.165) is 41.7 Å². The molecule has 0 saturated carbocycles. The summed E-state index contributed by atoms with van der Waals surface area (Å²) in [5.41, 5.74) is 9.30. The second-order valence-electron chi connectivity index (χ2n) is 8.46. The van der Waals surface area contributed by atoms with Crippen LogP contribution in [0.4, 0.5) is 5.82 Å². The molecule has 0 saturated heterocycles. The minimum Gasteiger partial charge on any atom is -0.379 e. The fraction of sp³-hybridized carbons (Fsp3) is 0.609. The van der Waals surface area contributed by atoms with E-state index in [-0.39, 0.29) is 0 Å². The Bertz CT molecular complexity index is 777. The second-order valence-corrected chi connectivity index (χ2v) is 8.46. The predicted molar refractivity (Wildman–Crippen MR) is 123 cm³/mol. The molecule has 0 fully saturated rings. The maximum absolute atomic E-state index is 9.70. The van der Waals surface area contributed by atoms with Crippen LogP contribution in [0.3, 0.4) is 0 Å². The summed E-state index contributed by atoms with van der Waals surface area (Å²) in [5.74, 6) is 1.38. The summed E-state index contributed by atoms with van der Waals surface area (Å²) in [7, 11) is 0. The number of rotatable bonds is 11. The summed E-state index contributed by atoms with van der Waals surface area (Å²) in [4.78, 5) is 4.82. The Morgan fingerprint density at radius 2 is 1.83 bits per heavy atom. The van der Waals surface area contributed by atoms with Gasteiger partial charge in [-0.25, -0.2) is 4.98 Å². The standard InChI is InChI=1S/C23H39N5O/c1-7-19(26-16(5)14(2)3)10-11-25-23-20(22(24)27-17(6)29)13-18-12-15(4)8-9-21(18)28-23/h8-9,12-14,16-17,19,22,26-27,29H,7,10-11,24H2,1-6H3,(H,25,28). The van der Waals surface area contributed by atoms with Gasteiger partial charge in [-0.3, -0.25) is 5.32 Å². The van der Waals surface area contributed by atoms with Crippen LogP contribution in [0.2, 0.25) is 0 Å². The van der Waals surface area contributed by atoms with Crippen LogP contribution in [-0.2, 0) is 0 Å². The number of benzene rings is 1. The molecule has 0 aliphatic heterocycles. The van der Waals surface area contributed by atoms with Crippen molar-refractivity contribution in [3.8, 4) is 0 Å². The van der Waals surface area contributed by atoms with Crippen LogP contribution in [0.25, 0.3) is 10.9 Å². The first kappa shape index (κ1) is 23.5. The fourth-order valence-electron chi connectivity index (χ4n) is 3.37. The molecule has 1 heterocycles. The molecule has 2 rings (SSSR count). The number of nitrogens with two attached hydrogens (primary N) is 1. The molecule has 0 spiro atoms. The first-order valence-corrected chi connectivity index (χ1v) is 10.8. The molecule has 0 aliphatic carbocycles. The lowest BCUT2D eigenvalue weighted by molar-refractivity contribution is 0.141. The van der Waals surface area contributed by atoms with E-state index in [9.17, 15) is 5.11 Å². The lowest BCUT2D eigenvalue weighted by atomic mass is 10.0. The minimum absolute atomic E-state index is 0.454. The average molecular weight is 402 g/mol. The molecule has 0 radical (unpaired) electrons. The Hall–Kier alpha value is -1.73. The Kier molecular flexibility index (Phi) is 8.83. The average Bonchev–Trinajstić information content (AvgIpc) is 2.65. The summed E-state index contributed by atoms with van der Waals surface area (Å²) >= 11 is 0.